The minimum atomic E-state index is 0.167. The zero-order valence-electron chi connectivity index (χ0n) is 13.4. The standard InChI is InChI=1S/C18H24N2O3/c21-17(7-4-14-23-16-5-2-1-3-6-16)19-10-12-20(13-11-19)18(22)15-8-9-15/h1-3,5-6,15H,4,7-14H2. The van der Waals surface area contributed by atoms with Crippen LogP contribution < -0.4 is 4.74 Å². The second kappa shape index (κ2) is 7.49. The lowest BCUT2D eigenvalue weighted by atomic mass is 10.2. The number of carbonyl (C=O) groups is 2. The third-order valence-electron chi connectivity index (χ3n) is 4.42. The maximum absolute atomic E-state index is 12.2. The first-order valence-electron chi connectivity index (χ1n) is 8.48. The molecule has 0 bridgehead atoms. The summed E-state index contributed by atoms with van der Waals surface area (Å²) in [6.45, 7) is 3.24. The van der Waals surface area contributed by atoms with Crippen molar-refractivity contribution in [2.45, 2.75) is 25.7 Å². The first-order valence-corrected chi connectivity index (χ1v) is 8.48. The Morgan fingerprint density at radius 3 is 2.30 bits per heavy atom. The van der Waals surface area contributed by atoms with Gasteiger partial charge < -0.3 is 14.5 Å². The number of para-hydroxylation sites is 1. The smallest absolute Gasteiger partial charge is 0.225 e. The van der Waals surface area contributed by atoms with E-state index in [4.69, 9.17) is 4.74 Å². The predicted molar refractivity (Wildman–Crippen MR) is 87.1 cm³/mol. The molecule has 1 aliphatic carbocycles. The van der Waals surface area contributed by atoms with E-state index in [2.05, 4.69) is 0 Å². The lowest BCUT2D eigenvalue weighted by Crippen LogP contribution is -2.51. The van der Waals surface area contributed by atoms with Gasteiger partial charge in [0, 0.05) is 38.5 Å². The fraction of sp³-hybridized carbons (Fsp3) is 0.556. The van der Waals surface area contributed by atoms with Crippen molar-refractivity contribution in [1.82, 2.24) is 9.80 Å². The van der Waals surface area contributed by atoms with Crippen LogP contribution in [0.1, 0.15) is 25.7 Å². The van der Waals surface area contributed by atoms with Gasteiger partial charge in [0.1, 0.15) is 5.75 Å². The molecule has 124 valence electrons. The molecule has 3 rings (SSSR count). The van der Waals surface area contributed by atoms with E-state index in [9.17, 15) is 9.59 Å². The second-order valence-corrected chi connectivity index (χ2v) is 6.25. The van der Waals surface area contributed by atoms with Gasteiger partial charge in [-0.2, -0.15) is 0 Å². The summed E-state index contributed by atoms with van der Waals surface area (Å²) in [7, 11) is 0. The summed E-state index contributed by atoms with van der Waals surface area (Å²) in [4.78, 5) is 28.0. The van der Waals surface area contributed by atoms with Gasteiger partial charge in [-0.3, -0.25) is 9.59 Å². The zero-order valence-corrected chi connectivity index (χ0v) is 13.4. The molecule has 5 heteroatoms. The lowest BCUT2D eigenvalue weighted by molar-refractivity contribution is -0.140. The molecule has 2 amide bonds. The summed E-state index contributed by atoms with van der Waals surface area (Å²) < 4.78 is 5.60. The number of nitrogens with zero attached hydrogens (tertiary/aromatic N) is 2. The van der Waals surface area contributed by atoms with Gasteiger partial charge in [-0.1, -0.05) is 18.2 Å². The zero-order chi connectivity index (χ0) is 16.1. The third kappa shape index (κ3) is 4.47. The molecule has 1 saturated heterocycles. The van der Waals surface area contributed by atoms with Crippen molar-refractivity contribution in [3.8, 4) is 5.75 Å². The molecule has 0 aromatic heterocycles. The van der Waals surface area contributed by atoms with Crippen molar-refractivity contribution in [2.24, 2.45) is 5.92 Å². The van der Waals surface area contributed by atoms with Crippen LogP contribution in [0.5, 0.6) is 5.75 Å². The van der Waals surface area contributed by atoms with Crippen molar-refractivity contribution in [3.05, 3.63) is 30.3 Å². The molecule has 1 saturated carbocycles. The highest BCUT2D eigenvalue weighted by atomic mass is 16.5. The van der Waals surface area contributed by atoms with Crippen molar-refractivity contribution in [2.75, 3.05) is 32.8 Å². The van der Waals surface area contributed by atoms with Crippen LogP contribution in [0.25, 0.3) is 0 Å². The van der Waals surface area contributed by atoms with Crippen molar-refractivity contribution >= 4 is 11.8 Å². The molecule has 1 aliphatic heterocycles. The largest absolute Gasteiger partial charge is 0.494 e. The van der Waals surface area contributed by atoms with Gasteiger partial charge in [0.25, 0.3) is 0 Å². The molecule has 1 aromatic rings. The number of amides is 2. The highest BCUT2D eigenvalue weighted by molar-refractivity contribution is 5.81. The average Bonchev–Trinajstić information content (AvgIpc) is 3.44. The first-order chi connectivity index (χ1) is 11.2. The van der Waals surface area contributed by atoms with Gasteiger partial charge >= 0.3 is 0 Å². The molecule has 5 nitrogen and oxygen atoms in total. The molecule has 0 atom stereocenters. The van der Waals surface area contributed by atoms with Crippen LogP contribution in [0.2, 0.25) is 0 Å². The number of carbonyl (C=O) groups excluding carboxylic acids is 2. The molecule has 1 aromatic carbocycles. The lowest BCUT2D eigenvalue weighted by Gasteiger charge is -2.35. The van der Waals surface area contributed by atoms with E-state index < -0.39 is 0 Å². The Morgan fingerprint density at radius 2 is 1.65 bits per heavy atom. The van der Waals surface area contributed by atoms with Crippen LogP contribution in [0.15, 0.2) is 30.3 Å². The highest BCUT2D eigenvalue weighted by Crippen LogP contribution is 2.31. The van der Waals surface area contributed by atoms with Gasteiger partial charge in [0.15, 0.2) is 0 Å². The molecular formula is C18H24N2O3. The first kappa shape index (κ1) is 15.8. The number of benzene rings is 1. The second-order valence-electron chi connectivity index (χ2n) is 6.25. The number of ether oxygens (including phenoxy) is 1. The van der Waals surface area contributed by atoms with Gasteiger partial charge in [-0.15, -0.1) is 0 Å². The van der Waals surface area contributed by atoms with E-state index >= 15 is 0 Å². The van der Waals surface area contributed by atoms with Crippen molar-refractivity contribution in [1.29, 1.82) is 0 Å². The molecule has 0 radical (unpaired) electrons. The molecule has 0 N–H and O–H groups in total. The van der Waals surface area contributed by atoms with Crippen molar-refractivity contribution in [3.63, 3.8) is 0 Å². The van der Waals surface area contributed by atoms with E-state index in [1.807, 2.05) is 40.1 Å². The molecule has 0 unspecified atom stereocenters. The number of piperazine rings is 1. The van der Waals surface area contributed by atoms with E-state index in [1.165, 1.54) is 0 Å². The summed E-state index contributed by atoms with van der Waals surface area (Å²) in [5.74, 6) is 1.56. The summed E-state index contributed by atoms with van der Waals surface area (Å²) in [5, 5.41) is 0. The Kier molecular flexibility index (Phi) is 5.16. The predicted octanol–water partition coefficient (Wildman–Crippen LogP) is 1.93. The maximum Gasteiger partial charge on any atom is 0.225 e. The molecule has 0 spiro atoms. The van der Waals surface area contributed by atoms with Crippen LogP contribution in [0.3, 0.4) is 0 Å². The third-order valence-corrected chi connectivity index (χ3v) is 4.42. The number of hydrogen-bond donors (Lipinski definition) is 0. The Balaban J connectivity index is 1.32. The molecule has 1 heterocycles. The van der Waals surface area contributed by atoms with Gasteiger partial charge in [0.05, 0.1) is 6.61 Å². The van der Waals surface area contributed by atoms with Gasteiger partial charge in [-0.25, -0.2) is 0 Å². The minimum Gasteiger partial charge on any atom is -0.494 e. The Morgan fingerprint density at radius 1 is 1.00 bits per heavy atom. The topological polar surface area (TPSA) is 49.9 Å². The fourth-order valence-electron chi connectivity index (χ4n) is 2.85. The van der Waals surface area contributed by atoms with E-state index in [0.717, 1.165) is 25.0 Å². The number of rotatable bonds is 6. The molecule has 23 heavy (non-hydrogen) atoms. The highest BCUT2D eigenvalue weighted by Gasteiger charge is 2.35. The van der Waals surface area contributed by atoms with Crippen LogP contribution in [-0.4, -0.2) is 54.4 Å². The van der Waals surface area contributed by atoms with Crippen LogP contribution in [-0.2, 0) is 9.59 Å². The van der Waals surface area contributed by atoms with Gasteiger partial charge in [0.2, 0.25) is 11.8 Å². The number of hydrogen-bond acceptors (Lipinski definition) is 3. The monoisotopic (exact) mass is 316 g/mol. The summed E-state index contributed by atoms with van der Waals surface area (Å²) in [6.07, 6.45) is 3.30. The van der Waals surface area contributed by atoms with E-state index in [-0.39, 0.29) is 17.7 Å². The fourth-order valence-corrected chi connectivity index (χ4v) is 2.85. The maximum atomic E-state index is 12.2. The van der Waals surface area contributed by atoms with E-state index in [1.54, 1.807) is 0 Å². The minimum absolute atomic E-state index is 0.167. The quantitative estimate of drug-likeness (QED) is 0.754. The SMILES string of the molecule is O=C(CCCOc1ccccc1)N1CCN(C(=O)C2CC2)CC1. The Hall–Kier alpha value is -2.04. The molecular weight excluding hydrogens is 292 g/mol. The summed E-state index contributed by atoms with van der Waals surface area (Å²) in [5.41, 5.74) is 0. The van der Waals surface area contributed by atoms with E-state index in [0.29, 0.717) is 39.2 Å². The van der Waals surface area contributed by atoms with Crippen LogP contribution in [0.4, 0.5) is 0 Å². The van der Waals surface area contributed by atoms with Crippen LogP contribution >= 0.6 is 0 Å². The van der Waals surface area contributed by atoms with Gasteiger partial charge in [-0.05, 0) is 31.4 Å². The molecule has 2 fully saturated rings. The van der Waals surface area contributed by atoms with Crippen LogP contribution in [0, 0.1) is 5.92 Å². The summed E-state index contributed by atoms with van der Waals surface area (Å²) >= 11 is 0. The Labute approximate surface area is 137 Å². The normalized spacial score (nSPS) is 17.9. The van der Waals surface area contributed by atoms with Crippen molar-refractivity contribution < 1.29 is 14.3 Å². The molecule has 2 aliphatic rings. The summed E-state index contributed by atoms with van der Waals surface area (Å²) in [6, 6.07) is 9.64. The Bertz CT molecular complexity index is 534. The average molecular weight is 316 g/mol.